The van der Waals surface area contributed by atoms with Gasteiger partial charge < -0.3 is 10.8 Å². The van der Waals surface area contributed by atoms with E-state index in [1.54, 1.807) is 0 Å². The van der Waals surface area contributed by atoms with Crippen LogP contribution in [-0.2, 0) is 4.79 Å². The molecule has 0 bridgehead atoms. The Morgan fingerprint density at radius 3 is 2.73 bits per heavy atom. The van der Waals surface area contributed by atoms with Crippen LogP contribution in [-0.4, -0.2) is 35.3 Å². The third kappa shape index (κ3) is 4.23. The van der Waals surface area contributed by atoms with E-state index in [1.165, 1.54) is 0 Å². The average Bonchev–Trinajstić information content (AvgIpc) is 1.98. The number of nitrogens with two attached hydrogens (primary N) is 1. The lowest BCUT2D eigenvalue weighted by atomic mass is 10.3. The predicted molar refractivity (Wildman–Crippen MR) is 35.1 cm³/mol. The molecule has 64 valence electrons. The molecule has 7 heteroatoms. The predicted octanol–water partition coefficient (Wildman–Crippen LogP) is -2.34. The van der Waals surface area contributed by atoms with Crippen LogP contribution in [0.4, 0.5) is 0 Å². The summed E-state index contributed by atoms with van der Waals surface area (Å²) in [5.41, 5.74) is 5.02. The second-order valence-electron chi connectivity index (χ2n) is 1.82. The number of nitro groups is 1. The number of aliphatic hydroxyl groups excluding tert-OH is 1. The van der Waals surface area contributed by atoms with E-state index in [4.69, 9.17) is 10.8 Å². The topological polar surface area (TPSA) is 118 Å². The first-order valence-electron chi connectivity index (χ1n) is 2.84. The quantitative estimate of drug-likeness (QED) is 0.244. The van der Waals surface area contributed by atoms with Crippen LogP contribution in [0.25, 0.3) is 0 Å². The van der Waals surface area contributed by atoms with E-state index in [0.29, 0.717) is 0 Å². The lowest BCUT2D eigenvalue weighted by Crippen LogP contribution is -2.44. The fourth-order valence-corrected chi connectivity index (χ4v) is 0.356. The van der Waals surface area contributed by atoms with E-state index in [0.717, 1.165) is 0 Å². The van der Waals surface area contributed by atoms with Crippen LogP contribution < -0.4 is 11.1 Å². The van der Waals surface area contributed by atoms with Crippen molar-refractivity contribution >= 4 is 5.91 Å². The zero-order valence-corrected chi connectivity index (χ0v) is 5.69. The number of rotatable bonds is 4. The lowest BCUT2D eigenvalue weighted by Gasteiger charge is -2.05. The summed E-state index contributed by atoms with van der Waals surface area (Å²) in [4.78, 5) is 19.6. The van der Waals surface area contributed by atoms with Gasteiger partial charge in [0.1, 0.15) is 6.04 Å². The summed E-state index contributed by atoms with van der Waals surface area (Å²) >= 11 is 0. The highest BCUT2D eigenvalue weighted by Gasteiger charge is 2.12. The molecule has 0 rings (SSSR count). The summed E-state index contributed by atoms with van der Waals surface area (Å²) in [6, 6.07) is -1.09. The number of amides is 1. The van der Waals surface area contributed by atoms with E-state index in [1.807, 2.05) is 5.32 Å². The number of nitrogens with one attached hydrogen (secondary N) is 1. The fourth-order valence-electron chi connectivity index (χ4n) is 0.356. The Bertz CT molecular complexity index is 159. The van der Waals surface area contributed by atoms with Gasteiger partial charge in [0, 0.05) is 4.92 Å². The second kappa shape index (κ2) is 4.58. The van der Waals surface area contributed by atoms with Crippen molar-refractivity contribution in [2.75, 3.05) is 13.3 Å². The molecule has 0 spiro atoms. The zero-order valence-electron chi connectivity index (χ0n) is 5.69. The van der Waals surface area contributed by atoms with Crippen molar-refractivity contribution in [2.45, 2.75) is 6.04 Å². The summed E-state index contributed by atoms with van der Waals surface area (Å²) in [5.74, 6) is -0.732. The van der Waals surface area contributed by atoms with Crippen LogP contribution >= 0.6 is 0 Å². The molecule has 0 radical (unpaired) electrons. The van der Waals surface area contributed by atoms with Gasteiger partial charge in [-0.25, -0.2) is 0 Å². The first-order valence-corrected chi connectivity index (χ1v) is 2.84. The Morgan fingerprint density at radius 2 is 2.36 bits per heavy atom. The van der Waals surface area contributed by atoms with Crippen LogP contribution in [0.1, 0.15) is 0 Å². The van der Waals surface area contributed by atoms with Crippen LogP contribution in [0.5, 0.6) is 0 Å². The molecule has 0 fully saturated rings. The first-order chi connectivity index (χ1) is 5.07. The Kier molecular flexibility index (Phi) is 4.08. The van der Waals surface area contributed by atoms with Crippen molar-refractivity contribution in [2.24, 2.45) is 5.73 Å². The highest BCUT2D eigenvalue weighted by atomic mass is 16.6. The third-order valence-electron chi connectivity index (χ3n) is 0.916. The van der Waals surface area contributed by atoms with Gasteiger partial charge in [-0.3, -0.25) is 20.2 Å². The van der Waals surface area contributed by atoms with E-state index in [-0.39, 0.29) is 0 Å². The Balaban J connectivity index is 3.60. The molecule has 0 unspecified atom stereocenters. The van der Waals surface area contributed by atoms with E-state index in [2.05, 4.69) is 0 Å². The van der Waals surface area contributed by atoms with Crippen LogP contribution in [0.3, 0.4) is 0 Å². The van der Waals surface area contributed by atoms with Crippen molar-refractivity contribution in [3.8, 4) is 0 Å². The molecular formula is C4H9N3O4. The fraction of sp³-hybridized carbons (Fsp3) is 0.750. The van der Waals surface area contributed by atoms with Gasteiger partial charge in [0.15, 0.2) is 0 Å². The largest absolute Gasteiger partial charge is 0.394 e. The molecule has 0 aromatic rings. The number of hydrogen-bond donors (Lipinski definition) is 3. The van der Waals surface area contributed by atoms with Crippen molar-refractivity contribution in [3.05, 3.63) is 10.1 Å². The standard InChI is InChI=1S/C4H9N3O4/c5-3(1-8)4(9)6-2-7(10)11/h3,8H,1-2,5H2,(H,6,9)/t3-/m0/s1. The maximum atomic E-state index is 10.6. The molecule has 0 aliphatic rings. The number of nitrogens with zero attached hydrogens (tertiary/aromatic N) is 1. The minimum atomic E-state index is -1.09. The van der Waals surface area contributed by atoms with Crippen molar-refractivity contribution in [1.29, 1.82) is 0 Å². The van der Waals surface area contributed by atoms with Gasteiger partial charge >= 0.3 is 0 Å². The molecular weight excluding hydrogens is 154 g/mol. The lowest BCUT2D eigenvalue weighted by molar-refractivity contribution is -0.483. The van der Waals surface area contributed by atoms with Gasteiger partial charge in [-0.2, -0.15) is 0 Å². The molecule has 0 saturated heterocycles. The van der Waals surface area contributed by atoms with E-state index >= 15 is 0 Å². The highest BCUT2D eigenvalue weighted by molar-refractivity contribution is 5.81. The molecule has 4 N–H and O–H groups in total. The molecule has 1 amide bonds. The summed E-state index contributed by atoms with van der Waals surface area (Å²) in [5, 5.41) is 19.9. The summed E-state index contributed by atoms with van der Waals surface area (Å²) in [6.45, 7) is -1.20. The van der Waals surface area contributed by atoms with Crippen molar-refractivity contribution in [3.63, 3.8) is 0 Å². The Labute approximate surface area is 62.3 Å². The monoisotopic (exact) mass is 163 g/mol. The van der Waals surface area contributed by atoms with Gasteiger partial charge in [-0.05, 0) is 0 Å². The van der Waals surface area contributed by atoms with Gasteiger partial charge in [-0.1, -0.05) is 0 Å². The minimum absolute atomic E-state index is 0.524. The first kappa shape index (κ1) is 9.79. The van der Waals surface area contributed by atoms with Crippen molar-refractivity contribution < 1.29 is 14.8 Å². The Hall–Kier alpha value is -1.21. The SMILES string of the molecule is N[C@@H](CO)C(=O)NC[N+](=O)[O-]. The van der Waals surface area contributed by atoms with Crippen LogP contribution in [0.15, 0.2) is 0 Å². The van der Waals surface area contributed by atoms with Crippen LogP contribution in [0.2, 0.25) is 0 Å². The van der Waals surface area contributed by atoms with Gasteiger partial charge in [0.25, 0.3) is 6.67 Å². The molecule has 0 aliphatic heterocycles. The third-order valence-corrected chi connectivity index (χ3v) is 0.916. The molecule has 1 atom stereocenters. The molecule has 0 saturated carbocycles. The average molecular weight is 163 g/mol. The normalized spacial score (nSPS) is 12.2. The number of carbonyl (C=O) groups is 1. The summed E-state index contributed by atoms with van der Waals surface area (Å²) in [6.07, 6.45) is 0. The van der Waals surface area contributed by atoms with Gasteiger partial charge in [-0.15, -0.1) is 0 Å². The number of hydrogen-bond acceptors (Lipinski definition) is 5. The Morgan fingerprint density at radius 1 is 1.82 bits per heavy atom. The molecule has 0 heterocycles. The van der Waals surface area contributed by atoms with E-state index < -0.39 is 30.1 Å². The van der Waals surface area contributed by atoms with Gasteiger partial charge in [0.2, 0.25) is 5.91 Å². The zero-order chi connectivity index (χ0) is 8.85. The summed E-state index contributed by atoms with van der Waals surface area (Å²) < 4.78 is 0. The smallest absolute Gasteiger partial charge is 0.277 e. The minimum Gasteiger partial charge on any atom is -0.394 e. The summed E-state index contributed by atoms with van der Waals surface area (Å²) in [7, 11) is 0. The number of aliphatic hydroxyl groups is 1. The molecule has 7 nitrogen and oxygen atoms in total. The van der Waals surface area contributed by atoms with Gasteiger partial charge in [0.05, 0.1) is 6.61 Å². The molecule has 0 aromatic heterocycles. The molecule has 0 aliphatic carbocycles. The molecule has 11 heavy (non-hydrogen) atoms. The molecule has 0 aromatic carbocycles. The second-order valence-corrected chi connectivity index (χ2v) is 1.82. The van der Waals surface area contributed by atoms with Crippen molar-refractivity contribution in [1.82, 2.24) is 5.32 Å². The van der Waals surface area contributed by atoms with E-state index in [9.17, 15) is 14.9 Å². The maximum absolute atomic E-state index is 10.6. The maximum Gasteiger partial charge on any atom is 0.277 e. The number of carbonyl (C=O) groups excluding carboxylic acids is 1. The highest BCUT2D eigenvalue weighted by Crippen LogP contribution is 1.75. The van der Waals surface area contributed by atoms with Crippen LogP contribution in [0, 0.1) is 10.1 Å².